The van der Waals surface area contributed by atoms with Crippen molar-refractivity contribution in [3.8, 4) is 5.75 Å². The normalized spacial score (nSPS) is 11.9. The molecule has 0 aliphatic carbocycles. The van der Waals surface area contributed by atoms with Crippen molar-refractivity contribution < 1.29 is 22.7 Å². The summed E-state index contributed by atoms with van der Waals surface area (Å²) in [5.41, 5.74) is 0.813. The average molecular weight is 621 g/mol. The first-order chi connectivity index (χ1) is 19.6. The second-order valence-electron chi connectivity index (χ2n) is 9.30. The van der Waals surface area contributed by atoms with Gasteiger partial charge < -0.3 is 15.0 Å². The number of hydrogen-bond acceptors (Lipinski definition) is 5. The number of ether oxygens (including phenoxy) is 1. The molecule has 0 bridgehead atoms. The van der Waals surface area contributed by atoms with Gasteiger partial charge in [-0.25, -0.2) is 8.42 Å². The Morgan fingerprint density at radius 2 is 1.61 bits per heavy atom. The fourth-order valence-corrected chi connectivity index (χ4v) is 5.86. The molecule has 11 heteroatoms. The maximum Gasteiger partial charge on any atom is 0.264 e. The fourth-order valence-electron chi connectivity index (χ4n) is 4.12. The lowest BCUT2D eigenvalue weighted by Crippen LogP contribution is -2.51. The van der Waals surface area contributed by atoms with E-state index in [4.69, 9.17) is 27.9 Å². The van der Waals surface area contributed by atoms with Gasteiger partial charge in [0.2, 0.25) is 11.8 Å². The highest BCUT2D eigenvalue weighted by Crippen LogP contribution is 2.33. The summed E-state index contributed by atoms with van der Waals surface area (Å²) in [4.78, 5) is 28.4. The van der Waals surface area contributed by atoms with Gasteiger partial charge in [-0.1, -0.05) is 66.9 Å². The monoisotopic (exact) mass is 619 g/mol. The number of carbonyl (C=O) groups excluding carboxylic acids is 2. The number of sulfonamides is 1. The van der Waals surface area contributed by atoms with E-state index >= 15 is 0 Å². The van der Waals surface area contributed by atoms with Crippen molar-refractivity contribution in [2.45, 2.75) is 51.1 Å². The third kappa shape index (κ3) is 8.38. The van der Waals surface area contributed by atoms with E-state index in [-0.39, 0.29) is 29.6 Å². The van der Waals surface area contributed by atoms with E-state index in [1.807, 2.05) is 6.92 Å². The third-order valence-electron chi connectivity index (χ3n) is 6.41. The van der Waals surface area contributed by atoms with Crippen molar-refractivity contribution in [3.63, 3.8) is 0 Å². The van der Waals surface area contributed by atoms with Gasteiger partial charge >= 0.3 is 0 Å². The first kappa shape index (κ1) is 32.2. The molecule has 0 radical (unpaired) electrons. The molecule has 8 nitrogen and oxygen atoms in total. The predicted molar refractivity (Wildman–Crippen MR) is 163 cm³/mol. The van der Waals surface area contributed by atoms with Crippen molar-refractivity contribution in [1.82, 2.24) is 10.2 Å². The SMILES string of the molecule is CCCCNC(=O)[C@@H](C)N(Cc1ccccc1Cl)C(=O)CN(c1ccccc1OCC)S(=O)(=O)c1ccc(Cl)cc1. The molecule has 3 rings (SSSR count). The third-order valence-corrected chi connectivity index (χ3v) is 8.80. The second-order valence-corrected chi connectivity index (χ2v) is 12.0. The van der Waals surface area contributed by atoms with Gasteiger partial charge in [0.15, 0.2) is 0 Å². The standard InChI is InChI=1S/C30H35Cl2N3O5S/c1-4-6-19-33-30(37)22(3)34(20-23-11-7-8-12-26(23)32)29(36)21-35(27-13-9-10-14-28(27)40-5-2)41(38,39)25-17-15-24(31)16-18-25/h7-18,22H,4-6,19-21H2,1-3H3,(H,33,37)/t22-/m1/s1. The first-order valence-electron chi connectivity index (χ1n) is 13.4. The maximum atomic E-state index is 14.1. The number of benzene rings is 3. The van der Waals surface area contributed by atoms with Crippen LogP contribution in [0, 0.1) is 0 Å². The first-order valence-corrected chi connectivity index (χ1v) is 15.6. The van der Waals surface area contributed by atoms with Gasteiger partial charge in [0.25, 0.3) is 10.0 Å². The minimum absolute atomic E-state index is 0.00279. The average Bonchev–Trinajstić information content (AvgIpc) is 2.96. The summed E-state index contributed by atoms with van der Waals surface area (Å²) in [6.45, 7) is 5.57. The summed E-state index contributed by atoms with van der Waals surface area (Å²) in [5.74, 6) is -0.643. The summed E-state index contributed by atoms with van der Waals surface area (Å²) in [7, 11) is -4.26. The van der Waals surface area contributed by atoms with Gasteiger partial charge in [-0.2, -0.15) is 0 Å². The molecule has 0 spiro atoms. The van der Waals surface area contributed by atoms with E-state index in [9.17, 15) is 18.0 Å². The summed E-state index contributed by atoms with van der Waals surface area (Å²) >= 11 is 12.4. The number of nitrogens with zero attached hydrogens (tertiary/aromatic N) is 2. The topological polar surface area (TPSA) is 96.0 Å². The Kier molecular flexibility index (Phi) is 11.9. The van der Waals surface area contributed by atoms with E-state index in [0.717, 1.165) is 17.1 Å². The number of nitrogens with one attached hydrogen (secondary N) is 1. The minimum Gasteiger partial charge on any atom is -0.492 e. The molecule has 1 N–H and O–H groups in total. The van der Waals surface area contributed by atoms with Crippen LogP contribution in [0.4, 0.5) is 5.69 Å². The fraction of sp³-hybridized carbons (Fsp3) is 0.333. The molecular weight excluding hydrogens is 585 g/mol. The molecule has 0 aromatic heterocycles. The Morgan fingerprint density at radius 3 is 2.27 bits per heavy atom. The number of hydrogen-bond donors (Lipinski definition) is 1. The quantitative estimate of drug-likeness (QED) is 0.226. The van der Waals surface area contributed by atoms with E-state index in [1.54, 1.807) is 62.4 Å². The molecule has 0 fully saturated rings. The zero-order chi connectivity index (χ0) is 30.0. The zero-order valence-electron chi connectivity index (χ0n) is 23.3. The van der Waals surface area contributed by atoms with Gasteiger partial charge in [0.1, 0.15) is 18.3 Å². The van der Waals surface area contributed by atoms with Crippen LogP contribution in [0.25, 0.3) is 0 Å². The summed E-state index contributed by atoms with van der Waals surface area (Å²) < 4.78 is 34.7. The van der Waals surface area contributed by atoms with Crippen molar-refractivity contribution in [2.24, 2.45) is 0 Å². The van der Waals surface area contributed by atoms with Crippen molar-refractivity contribution in [2.75, 3.05) is 24.0 Å². The van der Waals surface area contributed by atoms with Crippen molar-refractivity contribution in [3.05, 3.63) is 88.4 Å². The van der Waals surface area contributed by atoms with Gasteiger partial charge in [0.05, 0.1) is 17.2 Å². The smallest absolute Gasteiger partial charge is 0.264 e. The van der Waals surface area contributed by atoms with Gasteiger partial charge in [-0.3, -0.25) is 13.9 Å². The molecule has 0 saturated carbocycles. The van der Waals surface area contributed by atoms with Crippen LogP contribution in [0.5, 0.6) is 5.75 Å². The van der Waals surface area contributed by atoms with Crippen LogP contribution in [0.3, 0.4) is 0 Å². The van der Waals surface area contributed by atoms with Crippen LogP contribution in [-0.2, 0) is 26.2 Å². The highest BCUT2D eigenvalue weighted by atomic mass is 35.5. The Labute approximate surface area is 252 Å². The number of para-hydroxylation sites is 2. The molecule has 220 valence electrons. The van der Waals surface area contributed by atoms with Crippen LogP contribution < -0.4 is 14.4 Å². The van der Waals surface area contributed by atoms with Gasteiger partial charge in [-0.05, 0) is 68.3 Å². The number of amides is 2. The predicted octanol–water partition coefficient (Wildman–Crippen LogP) is 5.92. The molecular formula is C30H35Cl2N3O5S. The van der Waals surface area contributed by atoms with E-state index in [0.29, 0.717) is 27.9 Å². The molecule has 3 aromatic carbocycles. The summed E-state index contributed by atoms with van der Waals surface area (Å²) in [6, 6.07) is 18.4. The molecule has 0 aliphatic rings. The lowest BCUT2D eigenvalue weighted by Gasteiger charge is -2.32. The maximum absolute atomic E-state index is 14.1. The highest BCUT2D eigenvalue weighted by Gasteiger charge is 2.34. The number of carbonyl (C=O) groups is 2. The Hall–Kier alpha value is -3.27. The van der Waals surface area contributed by atoms with Gasteiger partial charge in [-0.15, -0.1) is 0 Å². The van der Waals surface area contributed by atoms with Crippen LogP contribution in [0.2, 0.25) is 10.0 Å². The molecule has 0 unspecified atom stereocenters. The summed E-state index contributed by atoms with van der Waals surface area (Å²) in [5, 5.41) is 3.66. The van der Waals surface area contributed by atoms with Gasteiger partial charge in [0, 0.05) is 23.1 Å². The Morgan fingerprint density at radius 1 is 0.951 bits per heavy atom. The molecule has 0 aliphatic heterocycles. The minimum atomic E-state index is -4.26. The number of rotatable bonds is 14. The number of halogens is 2. The molecule has 0 heterocycles. The van der Waals surface area contributed by atoms with Crippen LogP contribution in [-0.4, -0.2) is 50.9 Å². The van der Waals surface area contributed by atoms with E-state index in [2.05, 4.69) is 5.32 Å². The molecule has 1 atom stereocenters. The van der Waals surface area contributed by atoms with E-state index < -0.39 is 28.5 Å². The number of unbranched alkanes of at least 4 members (excludes halogenated alkanes) is 1. The Balaban J connectivity index is 2.06. The lowest BCUT2D eigenvalue weighted by atomic mass is 10.1. The molecule has 41 heavy (non-hydrogen) atoms. The summed E-state index contributed by atoms with van der Waals surface area (Å²) in [6.07, 6.45) is 1.69. The lowest BCUT2D eigenvalue weighted by molar-refractivity contribution is -0.139. The van der Waals surface area contributed by atoms with Crippen LogP contribution in [0.15, 0.2) is 77.7 Å². The zero-order valence-corrected chi connectivity index (χ0v) is 25.7. The van der Waals surface area contributed by atoms with E-state index in [1.165, 1.54) is 29.2 Å². The molecule has 3 aromatic rings. The van der Waals surface area contributed by atoms with Crippen molar-refractivity contribution in [1.29, 1.82) is 0 Å². The largest absolute Gasteiger partial charge is 0.492 e. The Bertz CT molecular complexity index is 1430. The number of anilines is 1. The van der Waals surface area contributed by atoms with Crippen molar-refractivity contribution >= 4 is 50.7 Å². The highest BCUT2D eigenvalue weighted by molar-refractivity contribution is 7.92. The second kappa shape index (κ2) is 15.1. The van der Waals surface area contributed by atoms with Crippen LogP contribution >= 0.6 is 23.2 Å². The molecule has 2 amide bonds. The van der Waals surface area contributed by atoms with Crippen LogP contribution in [0.1, 0.15) is 39.2 Å². The molecule has 0 saturated heterocycles.